The highest BCUT2D eigenvalue weighted by Gasteiger charge is 2.39. The normalized spacial score (nSPS) is 17.9. The van der Waals surface area contributed by atoms with E-state index in [0.29, 0.717) is 5.56 Å². The maximum Gasteiger partial charge on any atom is 0.257 e. The van der Waals surface area contributed by atoms with Crippen LogP contribution < -0.4 is 0 Å². The van der Waals surface area contributed by atoms with Crippen LogP contribution in [0.2, 0.25) is 0 Å². The first-order valence-corrected chi connectivity index (χ1v) is 7.59. The average molecular weight is 360 g/mol. The molecule has 2 amide bonds. The monoisotopic (exact) mass is 359 g/mol. The molecule has 5 nitrogen and oxygen atoms in total. The number of amides is 2. The number of rotatable bonds is 2. The molecule has 0 N–H and O–H groups in total. The smallest absolute Gasteiger partial charge is 0.257 e. The first-order valence-electron chi connectivity index (χ1n) is 6.80. The van der Waals surface area contributed by atoms with Crippen LogP contribution in [0, 0.1) is 0 Å². The summed E-state index contributed by atoms with van der Waals surface area (Å²) >= 11 is 3.31. The molecular weight excluding hydrogens is 346 g/mol. The number of carbonyl (C=O) groups is 2. The zero-order valence-corrected chi connectivity index (χ0v) is 13.5. The van der Waals surface area contributed by atoms with Crippen molar-refractivity contribution in [2.24, 2.45) is 0 Å². The molecule has 0 radical (unpaired) electrons. The number of hydrogen-bond acceptors (Lipinski definition) is 3. The molecule has 22 heavy (non-hydrogen) atoms. The summed E-state index contributed by atoms with van der Waals surface area (Å²) in [6, 6.07) is 11.2. The van der Waals surface area contributed by atoms with Gasteiger partial charge in [0, 0.05) is 23.9 Å². The first-order chi connectivity index (χ1) is 10.6. The summed E-state index contributed by atoms with van der Waals surface area (Å²) < 4.78 is 0.730. The lowest BCUT2D eigenvalue weighted by Gasteiger charge is -2.28. The summed E-state index contributed by atoms with van der Waals surface area (Å²) in [5, 5.41) is 0. The highest BCUT2D eigenvalue weighted by molar-refractivity contribution is 9.10. The number of aromatic nitrogens is 1. The van der Waals surface area contributed by atoms with Crippen molar-refractivity contribution >= 4 is 27.7 Å². The molecule has 1 saturated heterocycles. The number of hydrogen-bond donors (Lipinski definition) is 0. The fourth-order valence-electron chi connectivity index (χ4n) is 2.60. The van der Waals surface area contributed by atoms with E-state index < -0.39 is 0 Å². The second-order valence-corrected chi connectivity index (χ2v) is 6.03. The molecule has 1 atom stereocenters. The first kappa shape index (κ1) is 14.7. The molecule has 3 rings (SSSR count). The lowest BCUT2D eigenvalue weighted by atomic mass is 10.1. The molecule has 0 aliphatic carbocycles. The summed E-state index contributed by atoms with van der Waals surface area (Å²) in [5.41, 5.74) is 1.37. The molecule has 1 aromatic heterocycles. The predicted octanol–water partition coefficient (Wildman–Crippen LogP) is 2.46. The van der Waals surface area contributed by atoms with E-state index in [1.165, 1.54) is 6.20 Å². The molecule has 0 spiro atoms. The summed E-state index contributed by atoms with van der Waals surface area (Å²) in [6.45, 7) is 0.0708. The highest BCUT2D eigenvalue weighted by atomic mass is 79.9. The van der Waals surface area contributed by atoms with Crippen molar-refractivity contribution in [3.05, 3.63) is 64.4 Å². The molecule has 6 heteroatoms. The Hall–Kier alpha value is -2.21. The summed E-state index contributed by atoms with van der Waals surface area (Å²) in [5.74, 6) is -0.287. The van der Waals surface area contributed by atoms with Gasteiger partial charge in [-0.3, -0.25) is 14.6 Å². The number of halogens is 1. The van der Waals surface area contributed by atoms with Crippen LogP contribution in [0.3, 0.4) is 0 Å². The maximum atomic E-state index is 12.8. The Morgan fingerprint density at radius 2 is 2.00 bits per heavy atom. The van der Waals surface area contributed by atoms with Crippen molar-refractivity contribution < 1.29 is 9.59 Å². The molecule has 112 valence electrons. The molecule has 0 bridgehead atoms. The Kier molecular flexibility index (Phi) is 3.94. The minimum Gasteiger partial charge on any atom is -0.320 e. The predicted molar refractivity (Wildman–Crippen MR) is 84.9 cm³/mol. The maximum absolute atomic E-state index is 12.8. The van der Waals surface area contributed by atoms with E-state index in [1.54, 1.807) is 29.1 Å². The second-order valence-electron chi connectivity index (χ2n) is 5.11. The molecule has 0 saturated carbocycles. The van der Waals surface area contributed by atoms with Gasteiger partial charge in [-0.25, -0.2) is 0 Å². The summed E-state index contributed by atoms with van der Waals surface area (Å²) in [4.78, 5) is 32.0. The van der Waals surface area contributed by atoms with Gasteiger partial charge in [-0.05, 0) is 27.6 Å². The third-order valence-electron chi connectivity index (χ3n) is 3.67. The SMILES string of the molecule is CN1C(=O)CN(C(=O)c2cncc(Br)c2)[C@@H]1c1ccccc1. The lowest BCUT2D eigenvalue weighted by molar-refractivity contribution is -0.126. The standard InChI is InChI=1S/C16H14BrN3O2/c1-19-14(21)10-20(15(19)11-5-3-2-4-6-11)16(22)12-7-13(17)9-18-8-12/h2-9,15H,10H2,1H3/t15-/m1/s1. The van der Waals surface area contributed by atoms with E-state index in [-0.39, 0.29) is 24.5 Å². The molecular formula is C16H14BrN3O2. The van der Waals surface area contributed by atoms with Crippen molar-refractivity contribution in [2.75, 3.05) is 13.6 Å². The van der Waals surface area contributed by atoms with E-state index in [2.05, 4.69) is 20.9 Å². The van der Waals surface area contributed by atoms with Crippen LogP contribution >= 0.6 is 15.9 Å². The van der Waals surface area contributed by atoms with Gasteiger partial charge in [0.25, 0.3) is 5.91 Å². The van der Waals surface area contributed by atoms with Gasteiger partial charge < -0.3 is 9.80 Å². The van der Waals surface area contributed by atoms with Crippen molar-refractivity contribution in [1.29, 1.82) is 0 Å². The Bertz CT molecular complexity index is 720. The topological polar surface area (TPSA) is 53.5 Å². The third-order valence-corrected chi connectivity index (χ3v) is 4.11. The summed E-state index contributed by atoms with van der Waals surface area (Å²) in [7, 11) is 1.71. The number of carbonyl (C=O) groups excluding carboxylic acids is 2. The Morgan fingerprint density at radius 1 is 1.27 bits per heavy atom. The number of likely N-dealkylation sites (N-methyl/N-ethyl adjacent to an activating group) is 1. The minimum absolute atomic E-state index is 0.0708. The van der Waals surface area contributed by atoms with Crippen LogP contribution in [0.4, 0.5) is 0 Å². The summed E-state index contributed by atoms with van der Waals surface area (Å²) in [6.07, 6.45) is 2.74. The number of nitrogens with zero attached hydrogens (tertiary/aromatic N) is 3. The fraction of sp³-hybridized carbons (Fsp3) is 0.188. The second kappa shape index (κ2) is 5.88. The van der Waals surface area contributed by atoms with Gasteiger partial charge in [-0.1, -0.05) is 30.3 Å². The highest BCUT2D eigenvalue weighted by Crippen LogP contribution is 2.30. The minimum atomic E-state index is -0.389. The zero-order chi connectivity index (χ0) is 15.7. The van der Waals surface area contributed by atoms with Gasteiger partial charge in [-0.15, -0.1) is 0 Å². The Labute approximate surface area is 136 Å². The van der Waals surface area contributed by atoms with Gasteiger partial charge in [0.15, 0.2) is 0 Å². The quantitative estimate of drug-likeness (QED) is 0.827. The van der Waals surface area contributed by atoms with Crippen molar-refractivity contribution in [3.63, 3.8) is 0 Å². The lowest BCUT2D eigenvalue weighted by Crippen LogP contribution is -2.34. The van der Waals surface area contributed by atoms with E-state index in [9.17, 15) is 9.59 Å². The Balaban J connectivity index is 1.97. The van der Waals surface area contributed by atoms with Crippen molar-refractivity contribution in [2.45, 2.75) is 6.17 Å². The van der Waals surface area contributed by atoms with Crippen LogP contribution in [0.5, 0.6) is 0 Å². The van der Waals surface area contributed by atoms with Crippen LogP contribution in [-0.4, -0.2) is 40.2 Å². The molecule has 1 aromatic carbocycles. The van der Waals surface area contributed by atoms with Gasteiger partial charge in [0.05, 0.1) is 5.56 Å². The number of pyridine rings is 1. The molecule has 1 aliphatic heterocycles. The number of benzene rings is 1. The van der Waals surface area contributed by atoms with Gasteiger partial charge in [-0.2, -0.15) is 0 Å². The molecule has 2 heterocycles. The average Bonchev–Trinajstić information content (AvgIpc) is 2.83. The van der Waals surface area contributed by atoms with Gasteiger partial charge in [0.1, 0.15) is 12.7 Å². The van der Waals surface area contributed by atoms with E-state index in [1.807, 2.05) is 30.3 Å². The van der Waals surface area contributed by atoms with Crippen LogP contribution in [-0.2, 0) is 4.79 Å². The van der Waals surface area contributed by atoms with E-state index >= 15 is 0 Å². The third kappa shape index (κ3) is 2.62. The van der Waals surface area contributed by atoms with Crippen LogP contribution in [0.1, 0.15) is 22.1 Å². The van der Waals surface area contributed by atoms with Gasteiger partial charge >= 0.3 is 0 Å². The molecule has 1 aliphatic rings. The molecule has 0 unspecified atom stereocenters. The van der Waals surface area contributed by atoms with Crippen molar-refractivity contribution in [3.8, 4) is 0 Å². The van der Waals surface area contributed by atoms with Gasteiger partial charge in [0.2, 0.25) is 5.91 Å². The van der Waals surface area contributed by atoms with Crippen LogP contribution in [0.25, 0.3) is 0 Å². The Morgan fingerprint density at radius 3 is 2.68 bits per heavy atom. The van der Waals surface area contributed by atoms with E-state index in [0.717, 1.165) is 10.0 Å². The van der Waals surface area contributed by atoms with E-state index in [4.69, 9.17) is 0 Å². The largest absolute Gasteiger partial charge is 0.320 e. The van der Waals surface area contributed by atoms with Crippen molar-refractivity contribution in [1.82, 2.24) is 14.8 Å². The molecule has 2 aromatic rings. The fourth-order valence-corrected chi connectivity index (χ4v) is 2.96. The zero-order valence-electron chi connectivity index (χ0n) is 11.9. The molecule has 1 fully saturated rings. The van der Waals surface area contributed by atoms with Crippen LogP contribution in [0.15, 0.2) is 53.3 Å².